The van der Waals surface area contributed by atoms with Gasteiger partial charge in [0.1, 0.15) is 0 Å². The van der Waals surface area contributed by atoms with Crippen molar-refractivity contribution in [2.75, 3.05) is 23.9 Å². The summed E-state index contributed by atoms with van der Waals surface area (Å²) in [6.45, 7) is 4.09. The molecule has 2 rings (SSSR count). The van der Waals surface area contributed by atoms with Crippen LogP contribution < -0.4 is 9.80 Å². The van der Waals surface area contributed by atoms with Gasteiger partial charge < -0.3 is 9.80 Å². The van der Waals surface area contributed by atoms with Gasteiger partial charge in [-0.05, 0) is 45.9 Å². The molecule has 7 heteroatoms. The van der Waals surface area contributed by atoms with E-state index >= 15 is 0 Å². The van der Waals surface area contributed by atoms with Crippen LogP contribution in [0.5, 0.6) is 0 Å². The third-order valence-corrected chi connectivity index (χ3v) is 6.06. The third kappa shape index (κ3) is 4.46. The Kier molecular flexibility index (Phi) is 6.23. The summed E-state index contributed by atoms with van der Waals surface area (Å²) < 4.78 is 0.764. The summed E-state index contributed by atoms with van der Waals surface area (Å²) in [6, 6.07) is 7.74. The smallest absolute Gasteiger partial charge is 0.151 e. The van der Waals surface area contributed by atoms with Crippen LogP contribution in [0.25, 0.3) is 0 Å². The molecular weight excluding hydrogens is 332 g/mol. The van der Waals surface area contributed by atoms with E-state index < -0.39 is 0 Å². The van der Waals surface area contributed by atoms with Crippen LogP contribution in [0, 0.1) is 0 Å². The molecule has 0 aliphatic rings. The van der Waals surface area contributed by atoms with Gasteiger partial charge in [0.25, 0.3) is 0 Å². The van der Waals surface area contributed by atoms with E-state index in [1.165, 1.54) is 21.6 Å². The first-order chi connectivity index (χ1) is 10.6. The number of hydrogen-bond donors (Lipinski definition) is 0. The minimum atomic E-state index is 0.764. The maximum Gasteiger partial charge on any atom is 0.151 e. The molecule has 0 amide bonds. The number of nitrogens with zero attached hydrogens (tertiary/aromatic N) is 4. The van der Waals surface area contributed by atoms with E-state index in [2.05, 4.69) is 16.5 Å². The molecule has 2 heterocycles. The highest BCUT2D eigenvalue weighted by Gasteiger charge is 2.11. The van der Waals surface area contributed by atoms with Crippen LogP contribution in [0.1, 0.15) is 0 Å². The maximum absolute atomic E-state index is 5.46. The van der Waals surface area contributed by atoms with E-state index in [0.717, 1.165) is 20.7 Å². The number of rotatable bonds is 5. The van der Waals surface area contributed by atoms with Crippen LogP contribution in [0.3, 0.4) is 0 Å². The summed E-state index contributed by atoms with van der Waals surface area (Å²) in [6.07, 6.45) is 7.03. The molecule has 0 radical (unpaired) electrons. The Bertz CT molecular complexity index is 576. The van der Waals surface area contributed by atoms with E-state index in [9.17, 15) is 0 Å². The van der Waals surface area contributed by atoms with Gasteiger partial charge in [0.2, 0.25) is 0 Å². The van der Waals surface area contributed by atoms with Gasteiger partial charge in [-0.15, -0.1) is 0 Å². The summed E-state index contributed by atoms with van der Waals surface area (Å²) in [7, 11) is 6.97. The molecular formula is C15H16N4S3. The van der Waals surface area contributed by atoms with Gasteiger partial charge in [-0.3, -0.25) is 9.97 Å². The number of anilines is 2. The van der Waals surface area contributed by atoms with Crippen LogP contribution in [0.2, 0.25) is 0 Å². The molecule has 114 valence electrons. The van der Waals surface area contributed by atoms with Gasteiger partial charge in [0, 0.05) is 50.3 Å². The second kappa shape index (κ2) is 8.17. The van der Waals surface area contributed by atoms with Gasteiger partial charge in [-0.25, -0.2) is 0 Å². The average Bonchev–Trinajstić information content (AvgIpc) is 2.59. The molecule has 0 unspecified atom stereocenters. The highest BCUT2D eigenvalue weighted by atomic mass is 33.1. The zero-order chi connectivity index (χ0) is 15.9. The minimum Gasteiger partial charge on any atom is -0.339 e. The van der Waals surface area contributed by atoms with Crippen LogP contribution in [-0.2, 0) is 0 Å². The second-order valence-electron chi connectivity index (χ2n) is 4.36. The molecule has 0 bridgehead atoms. The first kappa shape index (κ1) is 16.8. The number of pyridine rings is 2. The molecule has 2 aromatic rings. The van der Waals surface area contributed by atoms with Crippen molar-refractivity contribution in [3.8, 4) is 0 Å². The Morgan fingerprint density at radius 1 is 0.909 bits per heavy atom. The summed E-state index contributed by atoms with van der Waals surface area (Å²) in [5, 5.41) is 0.904. The number of hydrogen-bond acceptors (Lipinski definition) is 6. The van der Waals surface area contributed by atoms with Gasteiger partial charge in [-0.1, -0.05) is 18.8 Å². The zero-order valence-corrected chi connectivity index (χ0v) is 14.8. The number of thiocarbonyl (C=S) groups is 1. The standard InChI is InChI=1S/C15H16N4S3/c1-12(18(2)13-4-8-16-9-5-13)21-22-15(20)19(3)14-6-10-17-11-7-14/h4-11H,1H2,2-3H3. The number of aromatic nitrogens is 2. The highest BCUT2D eigenvalue weighted by molar-refractivity contribution is 8.85. The molecule has 0 fully saturated rings. The predicted octanol–water partition coefficient (Wildman–Crippen LogP) is 4.19. The molecule has 0 saturated carbocycles. The van der Waals surface area contributed by atoms with Crippen molar-refractivity contribution < 1.29 is 0 Å². The lowest BCUT2D eigenvalue weighted by molar-refractivity contribution is 1.17. The SMILES string of the molecule is C=C(SSC(=S)N(C)c1ccncc1)N(C)c1ccncc1. The van der Waals surface area contributed by atoms with Gasteiger partial charge >= 0.3 is 0 Å². The highest BCUT2D eigenvalue weighted by Crippen LogP contribution is 2.35. The summed E-state index contributed by atoms with van der Waals surface area (Å²) >= 11 is 5.46. The summed E-state index contributed by atoms with van der Waals surface area (Å²) in [4.78, 5) is 12.0. The summed E-state index contributed by atoms with van der Waals surface area (Å²) in [5.74, 6) is 0. The van der Waals surface area contributed by atoms with Crippen molar-refractivity contribution in [2.24, 2.45) is 0 Å². The van der Waals surface area contributed by atoms with E-state index in [4.69, 9.17) is 12.2 Å². The lowest BCUT2D eigenvalue weighted by Crippen LogP contribution is -2.21. The van der Waals surface area contributed by atoms with Crippen LogP contribution in [0.15, 0.2) is 60.7 Å². The van der Waals surface area contributed by atoms with Crippen molar-refractivity contribution in [1.29, 1.82) is 0 Å². The Balaban J connectivity index is 1.89. The van der Waals surface area contributed by atoms with Crippen molar-refractivity contribution in [3.05, 3.63) is 60.7 Å². The molecule has 22 heavy (non-hydrogen) atoms. The van der Waals surface area contributed by atoms with Crippen LogP contribution in [-0.4, -0.2) is 28.4 Å². The first-order valence-electron chi connectivity index (χ1n) is 6.44. The molecule has 0 aliphatic carbocycles. The van der Waals surface area contributed by atoms with Crippen molar-refractivity contribution in [3.63, 3.8) is 0 Å². The fraction of sp³-hybridized carbons (Fsp3) is 0.133. The van der Waals surface area contributed by atoms with Crippen LogP contribution >= 0.6 is 33.8 Å². The van der Waals surface area contributed by atoms with Crippen molar-refractivity contribution in [1.82, 2.24) is 9.97 Å². The molecule has 0 saturated heterocycles. The van der Waals surface area contributed by atoms with Crippen molar-refractivity contribution in [2.45, 2.75) is 0 Å². The average molecular weight is 349 g/mol. The third-order valence-electron chi connectivity index (χ3n) is 2.96. The quantitative estimate of drug-likeness (QED) is 0.592. The second-order valence-corrected chi connectivity index (χ2v) is 7.19. The topological polar surface area (TPSA) is 32.3 Å². The molecule has 2 aromatic heterocycles. The Hall–Kier alpha value is -1.57. The molecule has 0 aliphatic heterocycles. The molecule has 0 aromatic carbocycles. The van der Waals surface area contributed by atoms with Gasteiger partial charge in [-0.2, -0.15) is 0 Å². The molecule has 0 N–H and O–H groups in total. The minimum absolute atomic E-state index is 0.764. The Morgan fingerprint density at radius 2 is 1.36 bits per heavy atom. The Labute approximate surface area is 144 Å². The first-order valence-corrected chi connectivity index (χ1v) is 9.00. The molecule has 0 atom stereocenters. The largest absolute Gasteiger partial charge is 0.339 e. The van der Waals surface area contributed by atoms with Gasteiger partial charge in [0.15, 0.2) is 4.32 Å². The van der Waals surface area contributed by atoms with E-state index in [0.29, 0.717) is 0 Å². The van der Waals surface area contributed by atoms with Crippen molar-refractivity contribution >= 4 is 49.5 Å². The van der Waals surface area contributed by atoms with E-state index in [-0.39, 0.29) is 0 Å². The lowest BCUT2D eigenvalue weighted by Gasteiger charge is -2.22. The molecule has 0 spiro atoms. The fourth-order valence-electron chi connectivity index (χ4n) is 1.58. The monoisotopic (exact) mass is 348 g/mol. The lowest BCUT2D eigenvalue weighted by atomic mass is 10.4. The normalized spacial score (nSPS) is 10.1. The molecule has 4 nitrogen and oxygen atoms in total. The maximum atomic E-state index is 5.46. The zero-order valence-electron chi connectivity index (χ0n) is 12.3. The van der Waals surface area contributed by atoms with Crippen LogP contribution in [0.4, 0.5) is 11.4 Å². The van der Waals surface area contributed by atoms with Gasteiger partial charge in [0.05, 0.1) is 5.03 Å². The van der Waals surface area contributed by atoms with E-state index in [1.54, 1.807) is 24.8 Å². The fourth-order valence-corrected chi connectivity index (χ4v) is 3.77. The summed E-state index contributed by atoms with van der Waals surface area (Å²) in [5.41, 5.74) is 2.06. The predicted molar refractivity (Wildman–Crippen MR) is 102 cm³/mol. The van der Waals surface area contributed by atoms with E-state index in [1.807, 2.05) is 48.2 Å². The Morgan fingerprint density at radius 3 is 1.86 bits per heavy atom.